The van der Waals surface area contributed by atoms with Crippen LogP contribution in [0.5, 0.6) is 0 Å². The molecule has 0 bridgehead atoms. The Labute approximate surface area is 120 Å². The summed E-state index contributed by atoms with van der Waals surface area (Å²) in [4.78, 5) is 0. The summed E-state index contributed by atoms with van der Waals surface area (Å²) in [5, 5.41) is 13.0. The normalized spacial score (nSPS) is 14.1. The van der Waals surface area contributed by atoms with Crippen molar-refractivity contribution < 1.29 is 9.84 Å². The molecule has 3 nitrogen and oxygen atoms in total. The largest absolute Gasteiger partial charge is 0.389 e. The molecule has 0 aromatic carbocycles. The zero-order valence-corrected chi connectivity index (χ0v) is 13.7. The molecule has 0 fully saturated rings. The van der Waals surface area contributed by atoms with Crippen molar-refractivity contribution in [2.45, 2.75) is 78.4 Å². The van der Waals surface area contributed by atoms with Crippen molar-refractivity contribution >= 4 is 0 Å². The van der Waals surface area contributed by atoms with Gasteiger partial charge in [0.2, 0.25) is 0 Å². The second-order valence-corrected chi connectivity index (χ2v) is 6.88. The van der Waals surface area contributed by atoms with Gasteiger partial charge < -0.3 is 15.2 Å². The summed E-state index contributed by atoms with van der Waals surface area (Å²) < 4.78 is 5.53. The molecule has 19 heavy (non-hydrogen) atoms. The van der Waals surface area contributed by atoms with Crippen LogP contribution in [0.3, 0.4) is 0 Å². The molecule has 0 saturated heterocycles. The highest BCUT2D eigenvalue weighted by Crippen LogP contribution is 2.09. The summed E-state index contributed by atoms with van der Waals surface area (Å²) in [5.41, 5.74) is -0.169. The zero-order valence-electron chi connectivity index (χ0n) is 13.7. The second-order valence-electron chi connectivity index (χ2n) is 6.88. The Kier molecular flexibility index (Phi) is 10.6. The first-order valence-electron chi connectivity index (χ1n) is 7.84. The first-order chi connectivity index (χ1) is 8.81. The Balaban J connectivity index is 3.25. The maximum absolute atomic E-state index is 9.73. The molecule has 116 valence electrons. The van der Waals surface area contributed by atoms with E-state index in [9.17, 15) is 5.11 Å². The lowest BCUT2D eigenvalue weighted by Crippen LogP contribution is -2.34. The van der Waals surface area contributed by atoms with Gasteiger partial charge in [-0.2, -0.15) is 0 Å². The van der Waals surface area contributed by atoms with Crippen LogP contribution >= 0.6 is 0 Å². The van der Waals surface area contributed by atoms with Crippen molar-refractivity contribution in [1.29, 1.82) is 0 Å². The van der Waals surface area contributed by atoms with Gasteiger partial charge in [-0.25, -0.2) is 0 Å². The summed E-state index contributed by atoms with van der Waals surface area (Å²) in [5.74, 6) is 0.830. The molecule has 0 spiro atoms. The van der Waals surface area contributed by atoms with Gasteiger partial charge in [0, 0.05) is 6.54 Å². The van der Waals surface area contributed by atoms with Crippen molar-refractivity contribution in [3.63, 3.8) is 0 Å². The molecule has 0 rings (SSSR count). The van der Waals surface area contributed by atoms with Crippen LogP contribution in [0.4, 0.5) is 0 Å². The number of hydrogen-bond donors (Lipinski definition) is 2. The fourth-order valence-electron chi connectivity index (χ4n) is 1.83. The summed E-state index contributed by atoms with van der Waals surface area (Å²) in [6.07, 6.45) is 6.10. The van der Waals surface area contributed by atoms with Crippen LogP contribution in [-0.4, -0.2) is 36.5 Å². The van der Waals surface area contributed by atoms with Crippen molar-refractivity contribution in [1.82, 2.24) is 5.32 Å². The minimum Gasteiger partial charge on any atom is -0.389 e. The highest BCUT2D eigenvalue weighted by atomic mass is 16.5. The Morgan fingerprint density at radius 1 is 1.05 bits per heavy atom. The molecular formula is C16H35NO2. The minimum absolute atomic E-state index is 0.169. The fourth-order valence-corrected chi connectivity index (χ4v) is 1.83. The number of aliphatic hydroxyl groups is 1. The molecule has 0 aliphatic carbocycles. The van der Waals surface area contributed by atoms with Crippen molar-refractivity contribution in [3.05, 3.63) is 0 Å². The van der Waals surface area contributed by atoms with Crippen LogP contribution in [-0.2, 0) is 4.74 Å². The maximum Gasteiger partial charge on any atom is 0.0897 e. The van der Waals surface area contributed by atoms with Crippen molar-refractivity contribution in [3.8, 4) is 0 Å². The predicted octanol–water partition coefficient (Wildman–Crippen LogP) is 3.36. The number of ether oxygens (including phenoxy) is 1. The lowest BCUT2D eigenvalue weighted by molar-refractivity contribution is -0.0478. The molecule has 2 N–H and O–H groups in total. The molecule has 1 atom stereocenters. The summed E-state index contributed by atoms with van der Waals surface area (Å²) in [6.45, 7) is 12.6. The van der Waals surface area contributed by atoms with Crippen LogP contribution in [0.15, 0.2) is 0 Å². The van der Waals surface area contributed by atoms with Crippen molar-refractivity contribution in [2.24, 2.45) is 5.92 Å². The van der Waals surface area contributed by atoms with E-state index in [1.807, 2.05) is 20.8 Å². The Bertz CT molecular complexity index is 199. The van der Waals surface area contributed by atoms with Gasteiger partial charge in [0.15, 0.2) is 0 Å². The molecule has 0 heterocycles. The third-order valence-electron chi connectivity index (χ3n) is 2.97. The molecule has 0 aromatic rings. The predicted molar refractivity (Wildman–Crippen MR) is 82.5 cm³/mol. The van der Waals surface area contributed by atoms with E-state index in [-0.39, 0.29) is 5.60 Å². The maximum atomic E-state index is 9.73. The zero-order chi connectivity index (χ0) is 14.7. The summed E-state index contributed by atoms with van der Waals surface area (Å²) in [7, 11) is 0. The second kappa shape index (κ2) is 10.6. The molecule has 0 aliphatic rings. The van der Waals surface area contributed by atoms with E-state index in [4.69, 9.17) is 4.74 Å². The van der Waals surface area contributed by atoms with Gasteiger partial charge in [0.1, 0.15) is 0 Å². The summed E-state index contributed by atoms with van der Waals surface area (Å²) in [6, 6.07) is 0. The highest BCUT2D eigenvalue weighted by molar-refractivity contribution is 4.64. The number of nitrogens with one attached hydrogen (secondary N) is 1. The van der Waals surface area contributed by atoms with E-state index >= 15 is 0 Å². The molecule has 0 aromatic heterocycles. The molecule has 3 heteroatoms. The van der Waals surface area contributed by atoms with Gasteiger partial charge in [-0.05, 0) is 39.7 Å². The van der Waals surface area contributed by atoms with Gasteiger partial charge in [0.25, 0.3) is 0 Å². The van der Waals surface area contributed by atoms with E-state index in [2.05, 4.69) is 19.2 Å². The number of hydrogen-bond acceptors (Lipinski definition) is 3. The Hall–Kier alpha value is -0.120. The Morgan fingerprint density at radius 3 is 2.26 bits per heavy atom. The van der Waals surface area contributed by atoms with E-state index in [0.717, 1.165) is 12.5 Å². The SMILES string of the molecule is CC(C)CCCCCCNCC(O)COC(C)(C)C. The standard InChI is InChI=1S/C16H35NO2/c1-14(2)10-8-6-7-9-11-17-12-15(18)13-19-16(3,4)5/h14-15,17-18H,6-13H2,1-5H3. The van der Waals surface area contributed by atoms with Gasteiger partial charge in [-0.1, -0.05) is 39.5 Å². The van der Waals surface area contributed by atoms with Gasteiger partial charge in [-0.3, -0.25) is 0 Å². The first-order valence-corrected chi connectivity index (χ1v) is 7.84. The third-order valence-corrected chi connectivity index (χ3v) is 2.97. The molecular weight excluding hydrogens is 238 g/mol. The van der Waals surface area contributed by atoms with Crippen LogP contribution in [0, 0.1) is 5.92 Å². The van der Waals surface area contributed by atoms with Crippen LogP contribution in [0.1, 0.15) is 66.7 Å². The Morgan fingerprint density at radius 2 is 1.68 bits per heavy atom. The highest BCUT2D eigenvalue weighted by Gasteiger charge is 2.13. The van der Waals surface area contributed by atoms with Gasteiger partial charge in [-0.15, -0.1) is 0 Å². The molecule has 0 saturated carbocycles. The average Bonchev–Trinajstić information content (AvgIpc) is 2.28. The fraction of sp³-hybridized carbons (Fsp3) is 1.00. The molecule has 0 radical (unpaired) electrons. The van der Waals surface area contributed by atoms with E-state index < -0.39 is 6.10 Å². The quantitative estimate of drug-likeness (QED) is 0.567. The summed E-state index contributed by atoms with van der Waals surface area (Å²) >= 11 is 0. The lowest BCUT2D eigenvalue weighted by Gasteiger charge is -2.22. The molecule has 0 amide bonds. The van der Waals surface area contributed by atoms with Crippen molar-refractivity contribution in [2.75, 3.05) is 19.7 Å². The topological polar surface area (TPSA) is 41.5 Å². The number of unbranched alkanes of at least 4 members (excludes halogenated alkanes) is 3. The first kappa shape index (κ1) is 18.9. The van der Waals surface area contributed by atoms with Gasteiger partial charge in [0.05, 0.1) is 18.3 Å². The van der Waals surface area contributed by atoms with Crippen LogP contribution < -0.4 is 5.32 Å². The van der Waals surface area contributed by atoms with E-state index in [1.165, 1.54) is 32.1 Å². The lowest BCUT2D eigenvalue weighted by atomic mass is 10.0. The molecule has 0 aliphatic heterocycles. The van der Waals surface area contributed by atoms with Gasteiger partial charge >= 0.3 is 0 Å². The monoisotopic (exact) mass is 273 g/mol. The van der Waals surface area contributed by atoms with E-state index in [0.29, 0.717) is 13.2 Å². The smallest absolute Gasteiger partial charge is 0.0897 e. The number of rotatable bonds is 11. The minimum atomic E-state index is -0.403. The molecule has 1 unspecified atom stereocenters. The number of aliphatic hydroxyl groups excluding tert-OH is 1. The van der Waals surface area contributed by atoms with E-state index in [1.54, 1.807) is 0 Å². The average molecular weight is 273 g/mol. The van der Waals surface area contributed by atoms with Crippen LogP contribution in [0.25, 0.3) is 0 Å². The van der Waals surface area contributed by atoms with Crippen LogP contribution in [0.2, 0.25) is 0 Å². The third kappa shape index (κ3) is 15.8.